The molecule has 1 amide bonds. The van der Waals surface area contributed by atoms with Crippen molar-refractivity contribution < 1.29 is 24.9 Å². The summed E-state index contributed by atoms with van der Waals surface area (Å²) >= 11 is 0. The maximum absolute atomic E-state index is 11.6. The lowest BCUT2D eigenvalue weighted by atomic mass is 10.0. The van der Waals surface area contributed by atoms with Crippen LogP contribution in [-0.4, -0.2) is 51.9 Å². The molecule has 0 aromatic rings. The van der Waals surface area contributed by atoms with Crippen molar-refractivity contribution in [2.75, 3.05) is 6.61 Å². The number of hydrogen-bond acceptors (Lipinski definition) is 5. The molecule has 0 aliphatic heterocycles. The van der Waals surface area contributed by atoms with Crippen molar-refractivity contribution in [1.82, 2.24) is 5.32 Å². The van der Waals surface area contributed by atoms with Gasteiger partial charge >= 0.3 is 6.09 Å². The molecule has 4 N–H and O–H groups in total. The number of alkyl carbamates (subject to hydrolysis) is 1. The van der Waals surface area contributed by atoms with Gasteiger partial charge in [-0.15, -0.1) is 0 Å². The van der Waals surface area contributed by atoms with Gasteiger partial charge in [0, 0.05) is 0 Å². The predicted octanol–water partition coefficient (Wildman–Crippen LogP) is 1.17. The van der Waals surface area contributed by atoms with Crippen LogP contribution in [0.2, 0.25) is 0 Å². The van der Waals surface area contributed by atoms with Gasteiger partial charge in [0.2, 0.25) is 0 Å². The molecule has 0 heterocycles. The molecule has 0 aliphatic carbocycles. The minimum absolute atomic E-state index is 0.432. The highest BCUT2D eigenvalue weighted by atomic mass is 16.6. The number of unbranched alkanes of at least 4 members (excludes halogenated alkanes) is 2. The first kappa shape index (κ1) is 19.1. The summed E-state index contributed by atoms with van der Waals surface area (Å²) in [6.45, 7) is 6.73. The number of aliphatic hydroxyl groups is 3. The van der Waals surface area contributed by atoms with E-state index in [0.717, 1.165) is 19.3 Å². The Balaban J connectivity index is 4.32. The SMILES string of the molecule is CCCCC[C@@H](O)[C@@H](O)[C@H](CO)NC(=O)OC(C)(C)C. The summed E-state index contributed by atoms with van der Waals surface area (Å²) in [4.78, 5) is 11.6. The molecule has 0 radical (unpaired) electrons. The van der Waals surface area contributed by atoms with E-state index in [1.165, 1.54) is 0 Å². The van der Waals surface area contributed by atoms with Crippen LogP contribution in [0, 0.1) is 0 Å². The molecule has 0 saturated heterocycles. The summed E-state index contributed by atoms with van der Waals surface area (Å²) in [5.41, 5.74) is -0.658. The third kappa shape index (κ3) is 8.35. The number of hydrogen-bond donors (Lipinski definition) is 4. The van der Waals surface area contributed by atoms with E-state index in [1.807, 2.05) is 6.92 Å². The number of carbonyl (C=O) groups excluding carboxylic acids is 1. The van der Waals surface area contributed by atoms with Gasteiger partial charge in [-0.25, -0.2) is 4.79 Å². The van der Waals surface area contributed by atoms with Crippen molar-refractivity contribution in [3.05, 3.63) is 0 Å². The largest absolute Gasteiger partial charge is 0.444 e. The van der Waals surface area contributed by atoms with Crippen molar-refractivity contribution in [2.45, 2.75) is 77.2 Å². The first-order valence-corrected chi connectivity index (χ1v) is 7.17. The second kappa shape index (κ2) is 9.15. The quantitative estimate of drug-likeness (QED) is 0.503. The molecule has 0 aromatic carbocycles. The molecule has 0 spiro atoms. The number of rotatable bonds is 8. The Labute approximate surface area is 121 Å². The van der Waals surface area contributed by atoms with Crippen LogP contribution in [0.15, 0.2) is 0 Å². The van der Waals surface area contributed by atoms with Crippen molar-refractivity contribution in [1.29, 1.82) is 0 Å². The first-order valence-electron chi connectivity index (χ1n) is 7.17. The molecule has 3 atom stereocenters. The molecule has 6 heteroatoms. The second-order valence-electron chi connectivity index (χ2n) is 5.99. The van der Waals surface area contributed by atoms with Gasteiger partial charge in [-0.05, 0) is 27.2 Å². The zero-order valence-corrected chi connectivity index (χ0v) is 12.9. The lowest BCUT2D eigenvalue weighted by molar-refractivity contribution is -0.0247. The van der Waals surface area contributed by atoms with Crippen LogP contribution in [0.3, 0.4) is 0 Å². The Hall–Kier alpha value is -0.850. The van der Waals surface area contributed by atoms with Crippen LogP contribution in [0.1, 0.15) is 53.4 Å². The molecule has 0 saturated carbocycles. The van der Waals surface area contributed by atoms with Crippen LogP contribution < -0.4 is 5.32 Å². The van der Waals surface area contributed by atoms with Gasteiger partial charge in [-0.3, -0.25) is 0 Å². The fourth-order valence-electron chi connectivity index (χ4n) is 1.74. The average molecular weight is 291 g/mol. The Kier molecular flexibility index (Phi) is 8.76. The molecule has 0 unspecified atom stereocenters. The predicted molar refractivity (Wildman–Crippen MR) is 76.4 cm³/mol. The van der Waals surface area contributed by atoms with Crippen LogP contribution >= 0.6 is 0 Å². The highest BCUT2D eigenvalue weighted by molar-refractivity contribution is 5.68. The summed E-state index contributed by atoms with van der Waals surface area (Å²) in [5, 5.41) is 31.4. The van der Waals surface area contributed by atoms with Gasteiger partial charge in [0.05, 0.1) is 18.8 Å². The van der Waals surface area contributed by atoms with Gasteiger partial charge in [0.1, 0.15) is 11.7 Å². The van der Waals surface area contributed by atoms with E-state index in [0.29, 0.717) is 6.42 Å². The van der Waals surface area contributed by atoms with E-state index < -0.39 is 36.6 Å². The molecule has 6 nitrogen and oxygen atoms in total. The molecule has 0 bridgehead atoms. The summed E-state index contributed by atoms with van der Waals surface area (Å²) in [7, 11) is 0. The first-order chi connectivity index (χ1) is 9.21. The smallest absolute Gasteiger partial charge is 0.408 e. The third-order valence-corrected chi connectivity index (χ3v) is 2.81. The van der Waals surface area contributed by atoms with Gasteiger partial charge in [-0.1, -0.05) is 26.2 Å². The maximum atomic E-state index is 11.6. The minimum Gasteiger partial charge on any atom is -0.444 e. The van der Waals surface area contributed by atoms with Crippen molar-refractivity contribution in [2.24, 2.45) is 0 Å². The topological polar surface area (TPSA) is 99.0 Å². The molecule has 0 aromatic heterocycles. The molecule has 0 rings (SSSR count). The summed E-state index contributed by atoms with van der Waals surface area (Å²) in [6.07, 6.45) is 0.283. The standard InChI is InChI=1S/C14H29NO5/c1-5-6-7-8-11(17)12(18)10(9-16)15-13(19)20-14(2,3)4/h10-12,16-18H,5-9H2,1-4H3,(H,15,19)/t10-,11+,12-/m0/s1. The second-order valence-corrected chi connectivity index (χ2v) is 5.99. The molecule has 20 heavy (non-hydrogen) atoms. The summed E-state index contributed by atoms with van der Waals surface area (Å²) < 4.78 is 5.04. The summed E-state index contributed by atoms with van der Waals surface area (Å²) in [6, 6.07) is -0.943. The fourth-order valence-corrected chi connectivity index (χ4v) is 1.74. The van der Waals surface area contributed by atoms with E-state index in [4.69, 9.17) is 4.74 Å². The highest BCUT2D eigenvalue weighted by Gasteiger charge is 2.28. The van der Waals surface area contributed by atoms with E-state index in [-0.39, 0.29) is 0 Å². The minimum atomic E-state index is -1.22. The molecule has 0 aliphatic rings. The van der Waals surface area contributed by atoms with E-state index in [9.17, 15) is 20.1 Å². The fraction of sp³-hybridized carbons (Fsp3) is 0.929. The number of aliphatic hydroxyl groups excluding tert-OH is 3. The molecule has 120 valence electrons. The van der Waals surface area contributed by atoms with Gasteiger partial charge in [0.15, 0.2) is 0 Å². The normalized spacial score (nSPS) is 16.4. The maximum Gasteiger partial charge on any atom is 0.408 e. The average Bonchev–Trinajstić information content (AvgIpc) is 2.33. The highest BCUT2D eigenvalue weighted by Crippen LogP contribution is 2.11. The Morgan fingerprint density at radius 3 is 2.30 bits per heavy atom. The zero-order valence-electron chi connectivity index (χ0n) is 12.9. The number of nitrogens with one attached hydrogen (secondary N) is 1. The van der Waals surface area contributed by atoms with Crippen molar-refractivity contribution >= 4 is 6.09 Å². The van der Waals surface area contributed by atoms with Crippen LogP contribution in [0.4, 0.5) is 4.79 Å². The Morgan fingerprint density at radius 2 is 1.85 bits per heavy atom. The lowest BCUT2D eigenvalue weighted by Crippen LogP contribution is -2.51. The zero-order chi connectivity index (χ0) is 15.8. The van der Waals surface area contributed by atoms with Crippen LogP contribution in [-0.2, 0) is 4.74 Å². The van der Waals surface area contributed by atoms with Gasteiger partial charge in [0.25, 0.3) is 0 Å². The lowest BCUT2D eigenvalue weighted by Gasteiger charge is -2.28. The van der Waals surface area contributed by atoms with Crippen molar-refractivity contribution in [3.8, 4) is 0 Å². The summed E-state index contributed by atoms with van der Waals surface area (Å²) in [5.74, 6) is 0. The van der Waals surface area contributed by atoms with Crippen molar-refractivity contribution in [3.63, 3.8) is 0 Å². The van der Waals surface area contributed by atoms with E-state index >= 15 is 0 Å². The third-order valence-electron chi connectivity index (χ3n) is 2.81. The number of ether oxygens (including phenoxy) is 1. The molecule has 0 fully saturated rings. The monoisotopic (exact) mass is 291 g/mol. The van der Waals surface area contributed by atoms with Gasteiger partial charge in [-0.2, -0.15) is 0 Å². The van der Waals surface area contributed by atoms with Crippen LogP contribution in [0.5, 0.6) is 0 Å². The Morgan fingerprint density at radius 1 is 1.25 bits per heavy atom. The van der Waals surface area contributed by atoms with Crippen LogP contribution in [0.25, 0.3) is 0 Å². The molecular formula is C14H29NO5. The molecular weight excluding hydrogens is 262 g/mol. The van der Waals surface area contributed by atoms with E-state index in [1.54, 1.807) is 20.8 Å². The number of amides is 1. The van der Waals surface area contributed by atoms with E-state index in [2.05, 4.69) is 5.32 Å². The number of carbonyl (C=O) groups is 1. The van der Waals surface area contributed by atoms with Gasteiger partial charge < -0.3 is 25.4 Å². The Bertz CT molecular complexity index is 277.